The van der Waals surface area contributed by atoms with Gasteiger partial charge in [-0.05, 0) is 42.0 Å². The lowest BCUT2D eigenvalue weighted by molar-refractivity contribution is -0.127. The Balaban J connectivity index is 1.61. The van der Waals surface area contributed by atoms with E-state index in [0.717, 1.165) is 11.1 Å². The van der Waals surface area contributed by atoms with Crippen molar-refractivity contribution in [1.82, 2.24) is 19.7 Å². The van der Waals surface area contributed by atoms with Crippen molar-refractivity contribution < 1.29 is 13.6 Å². The van der Waals surface area contributed by atoms with Crippen LogP contribution in [0.25, 0.3) is 11.4 Å². The SMILES string of the molecule is CN(Cc1cccc(F)c1)C(=O)CSc1nnc(-c2ccc(F)cc2)n1C. The van der Waals surface area contributed by atoms with E-state index >= 15 is 0 Å². The molecule has 0 atom stereocenters. The van der Waals surface area contributed by atoms with Crippen molar-refractivity contribution in [2.75, 3.05) is 12.8 Å². The number of thioether (sulfide) groups is 1. The summed E-state index contributed by atoms with van der Waals surface area (Å²) in [7, 11) is 3.47. The molecule has 1 aromatic heterocycles. The fraction of sp³-hybridized carbons (Fsp3) is 0.211. The number of hydrogen-bond acceptors (Lipinski definition) is 4. The standard InChI is InChI=1S/C19H18F2N4OS/c1-24(11-13-4-3-5-16(21)10-13)17(26)12-27-19-23-22-18(25(19)2)14-6-8-15(20)9-7-14/h3-10H,11-12H2,1-2H3. The van der Waals surface area contributed by atoms with E-state index in [4.69, 9.17) is 0 Å². The molecule has 3 rings (SSSR count). The monoisotopic (exact) mass is 388 g/mol. The highest BCUT2D eigenvalue weighted by molar-refractivity contribution is 7.99. The minimum absolute atomic E-state index is 0.101. The Morgan fingerprint density at radius 1 is 1.11 bits per heavy atom. The zero-order chi connectivity index (χ0) is 19.4. The van der Waals surface area contributed by atoms with Crippen LogP contribution in [0.5, 0.6) is 0 Å². The fourth-order valence-electron chi connectivity index (χ4n) is 2.52. The molecule has 8 heteroatoms. The zero-order valence-electron chi connectivity index (χ0n) is 14.9. The van der Waals surface area contributed by atoms with Crippen LogP contribution in [0, 0.1) is 11.6 Å². The first kappa shape index (κ1) is 19.0. The number of amides is 1. The maximum absolute atomic E-state index is 13.3. The van der Waals surface area contributed by atoms with Crippen molar-refractivity contribution in [3.8, 4) is 11.4 Å². The van der Waals surface area contributed by atoms with E-state index in [1.807, 2.05) is 0 Å². The van der Waals surface area contributed by atoms with Gasteiger partial charge in [0.15, 0.2) is 11.0 Å². The van der Waals surface area contributed by atoms with Gasteiger partial charge in [0.2, 0.25) is 5.91 Å². The number of benzene rings is 2. The summed E-state index contributed by atoms with van der Waals surface area (Å²) in [6.45, 7) is 0.330. The molecule has 27 heavy (non-hydrogen) atoms. The van der Waals surface area contributed by atoms with Gasteiger partial charge in [0, 0.05) is 26.2 Å². The Morgan fingerprint density at radius 3 is 2.56 bits per heavy atom. The minimum Gasteiger partial charge on any atom is -0.341 e. The van der Waals surface area contributed by atoms with E-state index in [-0.39, 0.29) is 23.3 Å². The van der Waals surface area contributed by atoms with Crippen molar-refractivity contribution in [3.05, 3.63) is 65.7 Å². The molecule has 0 bridgehead atoms. The lowest BCUT2D eigenvalue weighted by Gasteiger charge is -2.17. The van der Waals surface area contributed by atoms with Gasteiger partial charge in [-0.15, -0.1) is 10.2 Å². The summed E-state index contributed by atoms with van der Waals surface area (Å²) in [6.07, 6.45) is 0. The van der Waals surface area contributed by atoms with Gasteiger partial charge >= 0.3 is 0 Å². The number of aromatic nitrogens is 3. The molecule has 2 aromatic carbocycles. The summed E-state index contributed by atoms with van der Waals surface area (Å²) in [5, 5.41) is 8.81. The molecule has 0 saturated heterocycles. The molecule has 0 fully saturated rings. The number of halogens is 2. The highest BCUT2D eigenvalue weighted by Crippen LogP contribution is 2.23. The number of carbonyl (C=O) groups excluding carboxylic acids is 1. The van der Waals surface area contributed by atoms with Gasteiger partial charge < -0.3 is 9.47 Å². The molecule has 140 valence electrons. The summed E-state index contributed by atoms with van der Waals surface area (Å²) >= 11 is 1.27. The van der Waals surface area contributed by atoms with Gasteiger partial charge in [-0.1, -0.05) is 23.9 Å². The Morgan fingerprint density at radius 2 is 1.85 bits per heavy atom. The first-order valence-corrected chi connectivity index (χ1v) is 9.19. The third-order valence-electron chi connectivity index (χ3n) is 4.00. The third kappa shape index (κ3) is 4.71. The zero-order valence-corrected chi connectivity index (χ0v) is 15.7. The van der Waals surface area contributed by atoms with E-state index in [1.54, 1.807) is 47.8 Å². The molecule has 0 spiro atoms. The van der Waals surface area contributed by atoms with Crippen molar-refractivity contribution in [2.24, 2.45) is 7.05 Å². The second-order valence-electron chi connectivity index (χ2n) is 6.04. The molecule has 5 nitrogen and oxygen atoms in total. The molecule has 0 unspecified atom stereocenters. The van der Waals surface area contributed by atoms with Crippen molar-refractivity contribution >= 4 is 17.7 Å². The van der Waals surface area contributed by atoms with E-state index in [2.05, 4.69) is 10.2 Å². The molecule has 0 radical (unpaired) electrons. The van der Waals surface area contributed by atoms with Crippen molar-refractivity contribution in [3.63, 3.8) is 0 Å². The maximum atomic E-state index is 13.3. The second kappa shape index (κ2) is 8.30. The van der Waals surface area contributed by atoms with Crippen molar-refractivity contribution in [1.29, 1.82) is 0 Å². The van der Waals surface area contributed by atoms with E-state index < -0.39 is 0 Å². The maximum Gasteiger partial charge on any atom is 0.233 e. The van der Waals surface area contributed by atoms with Crippen LogP contribution >= 0.6 is 11.8 Å². The molecule has 1 heterocycles. The highest BCUT2D eigenvalue weighted by Gasteiger charge is 2.15. The Kier molecular flexibility index (Phi) is 5.85. The minimum atomic E-state index is -0.324. The predicted molar refractivity (Wildman–Crippen MR) is 100.0 cm³/mol. The summed E-state index contributed by atoms with van der Waals surface area (Å²) in [6, 6.07) is 12.2. The topological polar surface area (TPSA) is 51.0 Å². The largest absolute Gasteiger partial charge is 0.341 e. The van der Waals surface area contributed by atoms with E-state index in [0.29, 0.717) is 17.5 Å². The molecule has 0 aliphatic heterocycles. The fourth-order valence-corrected chi connectivity index (χ4v) is 3.38. The summed E-state index contributed by atoms with van der Waals surface area (Å²) < 4.78 is 28.1. The van der Waals surface area contributed by atoms with Crippen molar-refractivity contribution in [2.45, 2.75) is 11.7 Å². The first-order valence-electron chi connectivity index (χ1n) is 8.20. The summed E-state index contributed by atoms with van der Waals surface area (Å²) in [5.41, 5.74) is 1.47. The van der Waals surface area contributed by atoms with Crippen LogP contribution < -0.4 is 0 Å². The molecule has 0 N–H and O–H groups in total. The van der Waals surface area contributed by atoms with E-state index in [1.165, 1.54) is 36.0 Å². The predicted octanol–water partition coefficient (Wildman–Crippen LogP) is 3.51. The second-order valence-corrected chi connectivity index (χ2v) is 6.98. The first-order chi connectivity index (χ1) is 12.9. The van der Waals surface area contributed by atoms with Gasteiger partial charge in [-0.25, -0.2) is 8.78 Å². The lowest BCUT2D eigenvalue weighted by Crippen LogP contribution is -2.27. The van der Waals surface area contributed by atoms with Crippen LogP contribution in [-0.4, -0.2) is 38.4 Å². The molecule has 0 aliphatic rings. The van der Waals surface area contributed by atoms with Gasteiger partial charge in [0.1, 0.15) is 11.6 Å². The quantitative estimate of drug-likeness (QED) is 0.607. The van der Waals surface area contributed by atoms with E-state index in [9.17, 15) is 13.6 Å². The summed E-state index contributed by atoms with van der Waals surface area (Å²) in [4.78, 5) is 13.9. The average molecular weight is 388 g/mol. The average Bonchev–Trinajstić information content (AvgIpc) is 3.01. The van der Waals surface area contributed by atoms with Gasteiger partial charge in [0.25, 0.3) is 0 Å². The Hall–Kier alpha value is -2.74. The smallest absolute Gasteiger partial charge is 0.233 e. The molecule has 0 saturated carbocycles. The van der Waals surface area contributed by atoms with Crippen LogP contribution in [0.2, 0.25) is 0 Å². The Bertz CT molecular complexity index is 943. The number of carbonyl (C=O) groups is 1. The molecular formula is C19H18F2N4OS. The van der Waals surface area contributed by atoms with Gasteiger partial charge in [-0.2, -0.15) is 0 Å². The third-order valence-corrected chi connectivity index (χ3v) is 5.00. The number of nitrogens with zero attached hydrogens (tertiary/aromatic N) is 4. The van der Waals surface area contributed by atoms with Crippen LogP contribution in [0.15, 0.2) is 53.7 Å². The van der Waals surface area contributed by atoms with Crippen LogP contribution in [0.1, 0.15) is 5.56 Å². The molecule has 0 aliphatic carbocycles. The van der Waals surface area contributed by atoms with Crippen LogP contribution in [0.4, 0.5) is 8.78 Å². The van der Waals surface area contributed by atoms with Crippen LogP contribution in [0.3, 0.4) is 0 Å². The molecule has 1 amide bonds. The van der Waals surface area contributed by atoms with Crippen LogP contribution in [-0.2, 0) is 18.4 Å². The lowest BCUT2D eigenvalue weighted by atomic mass is 10.2. The molecular weight excluding hydrogens is 370 g/mol. The normalized spacial score (nSPS) is 10.8. The number of rotatable bonds is 6. The van der Waals surface area contributed by atoms with Gasteiger partial charge in [0.05, 0.1) is 5.75 Å². The highest BCUT2D eigenvalue weighted by atomic mass is 32.2. The Labute approximate surface area is 160 Å². The van der Waals surface area contributed by atoms with Gasteiger partial charge in [-0.3, -0.25) is 4.79 Å². The molecule has 3 aromatic rings. The summed E-state index contributed by atoms with van der Waals surface area (Å²) in [5.74, 6) is 0.0348. The number of hydrogen-bond donors (Lipinski definition) is 0.